The van der Waals surface area contributed by atoms with Crippen LogP contribution in [0.1, 0.15) is 27.2 Å². The number of nitrogens with one attached hydrogen (secondary N) is 1. The highest BCUT2D eigenvalue weighted by molar-refractivity contribution is 7.99. The van der Waals surface area contributed by atoms with Gasteiger partial charge in [-0.3, -0.25) is 4.90 Å². The molecule has 16 heavy (non-hydrogen) atoms. The van der Waals surface area contributed by atoms with Crippen molar-refractivity contribution in [2.24, 2.45) is 0 Å². The number of hydrogen-bond donors (Lipinski definition) is 1. The van der Waals surface area contributed by atoms with Gasteiger partial charge in [-0.15, -0.1) is 6.58 Å². The molecule has 1 N–H and O–H groups in total. The summed E-state index contributed by atoms with van der Waals surface area (Å²) >= 11 is 2.07. The van der Waals surface area contributed by atoms with Gasteiger partial charge in [-0.25, -0.2) is 0 Å². The predicted octanol–water partition coefficient (Wildman–Crippen LogP) is 2.37. The summed E-state index contributed by atoms with van der Waals surface area (Å²) in [5.41, 5.74) is 0.246. The van der Waals surface area contributed by atoms with Crippen LogP contribution in [0.25, 0.3) is 0 Å². The molecule has 3 heteroatoms. The van der Waals surface area contributed by atoms with E-state index in [1.807, 2.05) is 6.08 Å². The van der Waals surface area contributed by atoms with Gasteiger partial charge in [0, 0.05) is 42.7 Å². The van der Waals surface area contributed by atoms with Crippen LogP contribution >= 0.6 is 11.8 Å². The fourth-order valence-corrected chi connectivity index (χ4v) is 2.97. The molecule has 1 heterocycles. The molecule has 1 unspecified atom stereocenters. The molecular weight excluding hydrogens is 216 g/mol. The third-order valence-corrected chi connectivity index (χ3v) is 4.17. The molecule has 0 aromatic carbocycles. The number of nitrogens with zero attached hydrogens (tertiary/aromatic N) is 1. The van der Waals surface area contributed by atoms with Gasteiger partial charge in [0.15, 0.2) is 0 Å². The van der Waals surface area contributed by atoms with Gasteiger partial charge in [-0.05, 0) is 27.2 Å². The van der Waals surface area contributed by atoms with Crippen molar-refractivity contribution in [2.75, 3.05) is 31.1 Å². The molecule has 1 aliphatic rings. The minimum absolute atomic E-state index is 0.246. The molecule has 1 saturated heterocycles. The van der Waals surface area contributed by atoms with Gasteiger partial charge in [-0.1, -0.05) is 6.08 Å². The first kappa shape index (κ1) is 14.1. The van der Waals surface area contributed by atoms with E-state index in [0.717, 1.165) is 13.1 Å². The van der Waals surface area contributed by atoms with Crippen molar-refractivity contribution < 1.29 is 0 Å². The van der Waals surface area contributed by atoms with Crippen LogP contribution < -0.4 is 5.32 Å². The van der Waals surface area contributed by atoms with Crippen molar-refractivity contribution in [3.05, 3.63) is 12.7 Å². The van der Waals surface area contributed by atoms with Gasteiger partial charge in [-0.2, -0.15) is 11.8 Å². The van der Waals surface area contributed by atoms with E-state index in [0.29, 0.717) is 6.04 Å². The quantitative estimate of drug-likeness (QED) is 0.745. The van der Waals surface area contributed by atoms with E-state index in [2.05, 4.69) is 49.3 Å². The fraction of sp³-hybridized carbons (Fsp3) is 0.846. The smallest absolute Gasteiger partial charge is 0.0170 e. The van der Waals surface area contributed by atoms with E-state index in [9.17, 15) is 0 Å². The maximum Gasteiger partial charge on any atom is 0.0170 e. The molecule has 0 aromatic heterocycles. The van der Waals surface area contributed by atoms with Crippen LogP contribution in [0, 0.1) is 0 Å². The lowest BCUT2D eigenvalue weighted by molar-refractivity contribution is 0.148. The molecule has 0 saturated carbocycles. The highest BCUT2D eigenvalue weighted by atomic mass is 32.2. The maximum atomic E-state index is 3.85. The van der Waals surface area contributed by atoms with Crippen molar-refractivity contribution >= 4 is 11.8 Å². The molecule has 0 aromatic rings. The van der Waals surface area contributed by atoms with Crippen molar-refractivity contribution in [3.63, 3.8) is 0 Å². The van der Waals surface area contributed by atoms with Crippen molar-refractivity contribution in [1.82, 2.24) is 10.2 Å². The highest BCUT2D eigenvalue weighted by Crippen LogP contribution is 2.16. The first-order chi connectivity index (χ1) is 7.54. The fourth-order valence-electron chi connectivity index (χ4n) is 1.97. The molecule has 1 fully saturated rings. The van der Waals surface area contributed by atoms with Crippen LogP contribution in [0.2, 0.25) is 0 Å². The zero-order valence-corrected chi connectivity index (χ0v) is 11.8. The highest BCUT2D eigenvalue weighted by Gasteiger charge is 2.21. The Labute approximate surface area is 105 Å². The summed E-state index contributed by atoms with van der Waals surface area (Å²) < 4.78 is 0. The average molecular weight is 242 g/mol. The lowest BCUT2D eigenvalue weighted by Crippen LogP contribution is -2.45. The monoisotopic (exact) mass is 242 g/mol. The Bertz CT molecular complexity index is 204. The molecule has 2 nitrogen and oxygen atoms in total. The zero-order valence-electron chi connectivity index (χ0n) is 11.0. The number of thioether (sulfide) groups is 1. The SMILES string of the molecule is C=CCN(CCC1CSCCN1)C(C)(C)C. The number of rotatable bonds is 5. The Balaban J connectivity index is 2.33. The second kappa shape index (κ2) is 6.67. The van der Waals surface area contributed by atoms with Gasteiger partial charge in [0.2, 0.25) is 0 Å². The largest absolute Gasteiger partial charge is 0.312 e. The Hall–Kier alpha value is 0.01000. The van der Waals surface area contributed by atoms with Crippen molar-refractivity contribution in [2.45, 2.75) is 38.8 Å². The minimum atomic E-state index is 0.246. The third-order valence-electron chi connectivity index (χ3n) is 3.04. The van der Waals surface area contributed by atoms with E-state index in [1.54, 1.807) is 0 Å². The maximum absolute atomic E-state index is 3.85. The van der Waals surface area contributed by atoms with E-state index in [4.69, 9.17) is 0 Å². The molecule has 0 bridgehead atoms. The molecule has 0 radical (unpaired) electrons. The van der Waals surface area contributed by atoms with Crippen LogP contribution in [-0.4, -0.2) is 47.6 Å². The van der Waals surface area contributed by atoms with Crippen LogP contribution in [0.15, 0.2) is 12.7 Å². The summed E-state index contributed by atoms with van der Waals surface area (Å²) in [7, 11) is 0. The predicted molar refractivity (Wildman–Crippen MR) is 75.3 cm³/mol. The van der Waals surface area contributed by atoms with Gasteiger partial charge >= 0.3 is 0 Å². The summed E-state index contributed by atoms with van der Waals surface area (Å²) in [5, 5.41) is 3.59. The van der Waals surface area contributed by atoms with Crippen LogP contribution in [-0.2, 0) is 0 Å². The van der Waals surface area contributed by atoms with Crippen molar-refractivity contribution in [3.8, 4) is 0 Å². The second-order valence-electron chi connectivity index (χ2n) is 5.42. The van der Waals surface area contributed by atoms with Gasteiger partial charge in [0.05, 0.1) is 0 Å². The molecule has 0 amide bonds. The van der Waals surface area contributed by atoms with Crippen molar-refractivity contribution in [1.29, 1.82) is 0 Å². The molecule has 1 aliphatic heterocycles. The molecule has 94 valence electrons. The van der Waals surface area contributed by atoms with Crippen LogP contribution in [0.3, 0.4) is 0 Å². The van der Waals surface area contributed by atoms with E-state index >= 15 is 0 Å². The summed E-state index contributed by atoms with van der Waals surface area (Å²) in [6, 6.07) is 0.702. The Morgan fingerprint density at radius 1 is 1.50 bits per heavy atom. The van der Waals surface area contributed by atoms with E-state index in [-0.39, 0.29) is 5.54 Å². The Morgan fingerprint density at radius 3 is 2.75 bits per heavy atom. The van der Waals surface area contributed by atoms with Gasteiger partial charge < -0.3 is 5.32 Å². The lowest BCUT2D eigenvalue weighted by Gasteiger charge is -2.36. The van der Waals surface area contributed by atoms with Gasteiger partial charge in [0.25, 0.3) is 0 Å². The summed E-state index contributed by atoms with van der Waals surface area (Å²) in [6.07, 6.45) is 3.26. The standard InChI is InChI=1S/C13H26N2S/c1-5-8-15(13(2,3)4)9-6-12-11-16-10-7-14-12/h5,12,14H,1,6-11H2,2-4H3. The normalized spacial score (nSPS) is 22.4. The Kier molecular flexibility index (Phi) is 5.87. The molecule has 1 atom stereocenters. The first-order valence-corrected chi connectivity index (χ1v) is 7.36. The minimum Gasteiger partial charge on any atom is -0.312 e. The topological polar surface area (TPSA) is 15.3 Å². The third kappa shape index (κ3) is 4.89. The van der Waals surface area contributed by atoms with Crippen LogP contribution in [0.5, 0.6) is 0 Å². The molecule has 1 rings (SSSR count). The molecule has 0 aliphatic carbocycles. The molecule has 0 spiro atoms. The average Bonchev–Trinajstić information content (AvgIpc) is 2.24. The van der Waals surface area contributed by atoms with Gasteiger partial charge in [0.1, 0.15) is 0 Å². The molecular formula is C13H26N2S. The first-order valence-electron chi connectivity index (χ1n) is 6.21. The summed E-state index contributed by atoms with van der Waals surface area (Å²) in [4.78, 5) is 2.50. The lowest BCUT2D eigenvalue weighted by atomic mass is 10.0. The summed E-state index contributed by atoms with van der Waals surface area (Å²) in [6.45, 7) is 14.0. The van der Waals surface area contributed by atoms with E-state index in [1.165, 1.54) is 24.5 Å². The second-order valence-corrected chi connectivity index (χ2v) is 6.57. The summed E-state index contributed by atoms with van der Waals surface area (Å²) in [5.74, 6) is 2.54. The Morgan fingerprint density at radius 2 is 2.25 bits per heavy atom. The number of hydrogen-bond acceptors (Lipinski definition) is 3. The zero-order chi connectivity index (χ0) is 12.0. The van der Waals surface area contributed by atoms with Crippen LogP contribution in [0.4, 0.5) is 0 Å². The van der Waals surface area contributed by atoms with E-state index < -0.39 is 0 Å².